The monoisotopic (exact) mass is 328 g/mol. The van der Waals surface area contributed by atoms with Crippen molar-refractivity contribution in [1.29, 1.82) is 0 Å². The van der Waals surface area contributed by atoms with Crippen LogP contribution in [0.4, 0.5) is 0 Å². The molecule has 1 aromatic carbocycles. The van der Waals surface area contributed by atoms with Gasteiger partial charge in [0.25, 0.3) is 0 Å². The van der Waals surface area contributed by atoms with E-state index in [9.17, 15) is 4.79 Å². The SMILES string of the molecule is C=C(C)C(CCC1(C)C=Cc2c(ccc3ccc(=O)oc23)O1)OO. The van der Waals surface area contributed by atoms with Gasteiger partial charge >= 0.3 is 5.63 Å². The Balaban J connectivity index is 1.88. The Morgan fingerprint density at radius 3 is 2.83 bits per heavy atom. The zero-order chi connectivity index (χ0) is 17.3. The minimum absolute atomic E-state index is 0.387. The molecule has 126 valence electrons. The van der Waals surface area contributed by atoms with Crippen LogP contribution in [0.1, 0.15) is 32.3 Å². The molecule has 1 N–H and O–H groups in total. The molecule has 0 saturated heterocycles. The highest BCUT2D eigenvalue weighted by molar-refractivity contribution is 5.89. The van der Waals surface area contributed by atoms with E-state index in [1.54, 1.807) is 6.07 Å². The van der Waals surface area contributed by atoms with Crippen molar-refractivity contribution in [3.63, 3.8) is 0 Å². The van der Waals surface area contributed by atoms with Gasteiger partial charge in [-0.2, -0.15) is 0 Å². The van der Waals surface area contributed by atoms with Crippen LogP contribution in [0.15, 0.2) is 51.7 Å². The first-order valence-corrected chi connectivity index (χ1v) is 7.82. The van der Waals surface area contributed by atoms with E-state index in [0.29, 0.717) is 24.2 Å². The average Bonchev–Trinajstić information content (AvgIpc) is 2.54. The number of benzene rings is 1. The van der Waals surface area contributed by atoms with Crippen LogP contribution in [-0.2, 0) is 4.89 Å². The highest BCUT2D eigenvalue weighted by atomic mass is 17.1. The molecule has 5 heteroatoms. The molecule has 0 fully saturated rings. The third-order valence-corrected chi connectivity index (χ3v) is 4.31. The number of hydrogen-bond acceptors (Lipinski definition) is 5. The molecule has 5 nitrogen and oxygen atoms in total. The highest BCUT2D eigenvalue weighted by Crippen LogP contribution is 2.37. The lowest BCUT2D eigenvalue weighted by atomic mass is 9.92. The Morgan fingerprint density at radius 1 is 1.38 bits per heavy atom. The van der Waals surface area contributed by atoms with E-state index in [-0.39, 0.29) is 5.63 Å². The fourth-order valence-corrected chi connectivity index (χ4v) is 2.87. The lowest BCUT2D eigenvalue weighted by Crippen LogP contribution is -2.33. The zero-order valence-electron chi connectivity index (χ0n) is 13.7. The zero-order valence-corrected chi connectivity index (χ0v) is 13.7. The predicted molar refractivity (Wildman–Crippen MR) is 92.1 cm³/mol. The maximum absolute atomic E-state index is 11.5. The van der Waals surface area contributed by atoms with Crippen LogP contribution in [0.2, 0.25) is 0 Å². The van der Waals surface area contributed by atoms with E-state index in [2.05, 4.69) is 11.5 Å². The van der Waals surface area contributed by atoms with Crippen LogP contribution in [-0.4, -0.2) is 17.0 Å². The van der Waals surface area contributed by atoms with Crippen LogP contribution >= 0.6 is 0 Å². The van der Waals surface area contributed by atoms with Crippen molar-refractivity contribution < 1.29 is 19.3 Å². The normalized spacial score (nSPS) is 20.5. The molecule has 1 aromatic heterocycles. The molecule has 0 amide bonds. The average molecular weight is 328 g/mol. The van der Waals surface area contributed by atoms with Gasteiger partial charge in [-0.1, -0.05) is 6.58 Å². The van der Waals surface area contributed by atoms with Crippen molar-refractivity contribution in [3.8, 4) is 5.75 Å². The van der Waals surface area contributed by atoms with Crippen LogP contribution in [0.3, 0.4) is 0 Å². The van der Waals surface area contributed by atoms with E-state index in [4.69, 9.17) is 14.4 Å². The topological polar surface area (TPSA) is 68.9 Å². The molecule has 0 spiro atoms. The van der Waals surface area contributed by atoms with Gasteiger partial charge < -0.3 is 9.15 Å². The molecule has 2 aromatic rings. The Labute approximate surface area is 139 Å². The summed E-state index contributed by atoms with van der Waals surface area (Å²) in [5.74, 6) is 0.665. The third kappa shape index (κ3) is 3.13. The number of rotatable bonds is 5. The second kappa shape index (κ2) is 6.26. The first-order valence-electron chi connectivity index (χ1n) is 7.82. The Morgan fingerprint density at radius 2 is 2.12 bits per heavy atom. The Hall–Kier alpha value is -2.37. The van der Waals surface area contributed by atoms with Crippen LogP contribution in [0.25, 0.3) is 17.0 Å². The van der Waals surface area contributed by atoms with Gasteiger partial charge in [-0.05, 0) is 62.6 Å². The summed E-state index contributed by atoms with van der Waals surface area (Å²) in [5, 5.41) is 9.80. The molecule has 3 rings (SSSR count). The molecule has 0 saturated carbocycles. The van der Waals surface area contributed by atoms with E-state index < -0.39 is 11.7 Å². The molecule has 0 radical (unpaired) electrons. The summed E-state index contributed by atoms with van der Waals surface area (Å²) < 4.78 is 11.5. The molecule has 1 aliphatic rings. The second-order valence-electron chi connectivity index (χ2n) is 6.38. The van der Waals surface area contributed by atoms with Crippen LogP contribution in [0.5, 0.6) is 5.75 Å². The molecule has 0 bridgehead atoms. The number of ether oxygens (including phenoxy) is 1. The maximum atomic E-state index is 11.5. The van der Waals surface area contributed by atoms with Gasteiger partial charge in [0.05, 0.1) is 5.56 Å². The predicted octanol–water partition coefficient (Wildman–Crippen LogP) is 4.17. The summed E-state index contributed by atoms with van der Waals surface area (Å²) >= 11 is 0. The summed E-state index contributed by atoms with van der Waals surface area (Å²) in [5.41, 5.74) is 1.12. The summed E-state index contributed by atoms with van der Waals surface area (Å²) in [4.78, 5) is 16.0. The van der Waals surface area contributed by atoms with Gasteiger partial charge in [0.1, 0.15) is 23.0 Å². The van der Waals surface area contributed by atoms with Gasteiger partial charge in [0.15, 0.2) is 0 Å². The van der Waals surface area contributed by atoms with E-state index in [0.717, 1.165) is 16.5 Å². The fraction of sp³-hybridized carbons (Fsp3) is 0.316. The van der Waals surface area contributed by atoms with Crippen molar-refractivity contribution in [3.05, 3.63) is 58.5 Å². The molecule has 24 heavy (non-hydrogen) atoms. The maximum Gasteiger partial charge on any atom is 0.336 e. The minimum Gasteiger partial charge on any atom is -0.483 e. The van der Waals surface area contributed by atoms with Gasteiger partial charge in [-0.3, -0.25) is 5.26 Å². The molecule has 2 unspecified atom stereocenters. The quantitative estimate of drug-likeness (QED) is 0.386. The fourth-order valence-electron chi connectivity index (χ4n) is 2.87. The highest BCUT2D eigenvalue weighted by Gasteiger charge is 2.30. The molecular formula is C19H20O5. The smallest absolute Gasteiger partial charge is 0.336 e. The van der Waals surface area contributed by atoms with Crippen molar-refractivity contribution in [1.82, 2.24) is 0 Å². The second-order valence-corrected chi connectivity index (χ2v) is 6.38. The molecule has 2 heterocycles. The van der Waals surface area contributed by atoms with E-state index in [1.807, 2.05) is 38.1 Å². The van der Waals surface area contributed by atoms with Crippen molar-refractivity contribution in [2.45, 2.75) is 38.4 Å². The van der Waals surface area contributed by atoms with Crippen molar-refractivity contribution in [2.75, 3.05) is 0 Å². The molecular weight excluding hydrogens is 308 g/mol. The molecule has 2 atom stereocenters. The van der Waals surface area contributed by atoms with Gasteiger partial charge in [0, 0.05) is 11.5 Å². The Bertz CT molecular complexity index is 864. The van der Waals surface area contributed by atoms with Crippen LogP contribution < -0.4 is 10.4 Å². The molecule has 0 aliphatic carbocycles. The van der Waals surface area contributed by atoms with Crippen molar-refractivity contribution >= 4 is 17.0 Å². The standard InChI is InChI=1S/C19H20O5/c1-12(2)15(24-21)9-11-19(3)10-8-14-16(23-19)6-4-13-5-7-17(20)22-18(13)14/h4-8,10,15,21H,1,9,11H2,2-3H3. The third-order valence-electron chi connectivity index (χ3n) is 4.31. The van der Waals surface area contributed by atoms with E-state index in [1.165, 1.54) is 6.07 Å². The molecule has 1 aliphatic heterocycles. The number of hydrogen-bond donors (Lipinski definition) is 1. The summed E-state index contributed by atoms with van der Waals surface area (Å²) in [7, 11) is 0. The van der Waals surface area contributed by atoms with Crippen LogP contribution in [0, 0.1) is 0 Å². The largest absolute Gasteiger partial charge is 0.483 e. The summed E-state index contributed by atoms with van der Waals surface area (Å²) in [6, 6.07) is 6.88. The first-order chi connectivity index (χ1) is 11.4. The van der Waals surface area contributed by atoms with Gasteiger partial charge in [-0.25, -0.2) is 9.68 Å². The van der Waals surface area contributed by atoms with Gasteiger partial charge in [-0.15, -0.1) is 0 Å². The Kier molecular flexibility index (Phi) is 4.30. The number of fused-ring (bicyclic) bond motifs is 3. The lowest BCUT2D eigenvalue weighted by Gasteiger charge is -2.32. The first kappa shape index (κ1) is 16.5. The van der Waals surface area contributed by atoms with Crippen molar-refractivity contribution in [2.24, 2.45) is 0 Å². The summed E-state index contributed by atoms with van der Waals surface area (Å²) in [6.45, 7) is 7.58. The van der Waals surface area contributed by atoms with Gasteiger partial charge in [0.2, 0.25) is 0 Å². The summed E-state index contributed by atoms with van der Waals surface area (Å²) in [6.07, 6.45) is 4.64. The minimum atomic E-state index is -0.540. The lowest BCUT2D eigenvalue weighted by molar-refractivity contribution is -0.270. The van der Waals surface area contributed by atoms with E-state index >= 15 is 0 Å².